The van der Waals surface area contributed by atoms with Crippen molar-refractivity contribution in [3.8, 4) is 0 Å². The molecule has 3 nitrogen and oxygen atoms in total. The van der Waals surface area contributed by atoms with Crippen molar-refractivity contribution < 1.29 is 4.52 Å². The van der Waals surface area contributed by atoms with E-state index in [2.05, 4.69) is 30.9 Å². The average molecular weight is 294 g/mol. The normalized spacial score (nSPS) is 15.8. The fraction of sp³-hybridized carbons (Fsp3) is 0.727. The molecule has 0 fully saturated rings. The highest BCUT2D eigenvalue weighted by Gasteiger charge is 2.17. The van der Waals surface area contributed by atoms with E-state index in [9.17, 15) is 0 Å². The molecular weight excluding hydrogens is 271 g/mol. The van der Waals surface area contributed by atoms with Gasteiger partial charge < -0.3 is 9.61 Å². The summed E-state index contributed by atoms with van der Waals surface area (Å²) in [5.74, 6) is 1.62. The summed E-state index contributed by atoms with van der Waals surface area (Å²) < 4.78 is 5.77. The van der Waals surface area contributed by atoms with Crippen LogP contribution in [0.1, 0.15) is 34.1 Å². The number of rotatable bonds is 9. The van der Waals surface area contributed by atoms with Gasteiger partial charge in [-0.15, -0.1) is 0 Å². The predicted molar refractivity (Wildman–Crippen MR) is 84.3 cm³/mol. The Bertz CT molecular complexity index is 293. The van der Waals surface area contributed by atoms with Crippen LogP contribution in [0.4, 0.5) is 0 Å². The summed E-state index contributed by atoms with van der Waals surface area (Å²) in [6.45, 7) is 9.07. The van der Waals surface area contributed by atoms with Crippen LogP contribution in [0.3, 0.4) is 0 Å². The molecule has 0 aliphatic rings. The SMILES string of the molecule is CC=CN=CNP(=S)(OCCC)SCC(C)C. The zero-order valence-corrected chi connectivity index (χ0v) is 13.6. The standard InChI is InChI=1S/C11H23N2OPS2/c1-5-7-12-10-13-15(16,14-8-6-2)17-9-11(3)4/h5,7,10-11H,6,8-9H2,1-4H3,(H,12,13,16). The molecule has 100 valence electrons. The van der Waals surface area contributed by atoms with Gasteiger partial charge in [0, 0.05) is 12.0 Å². The van der Waals surface area contributed by atoms with Crippen molar-refractivity contribution in [2.75, 3.05) is 12.4 Å². The third-order valence-electron chi connectivity index (χ3n) is 1.57. The van der Waals surface area contributed by atoms with Crippen LogP contribution in [0.25, 0.3) is 0 Å². The van der Waals surface area contributed by atoms with Crippen LogP contribution < -0.4 is 5.09 Å². The lowest BCUT2D eigenvalue weighted by Crippen LogP contribution is -2.09. The van der Waals surface area contributed by atoms with Crippen molar-refractivity contribution in [3.63, 3.8) is 0 Å². The number of hydrogen-bond acceptors (Lipinski definition) is 4. The van der Waals surface area contributed by atoms with Crippen LogP contribution >= 0.6 is 17.0 Å². The monoisotopic (exact) mass is 294 g/mol. The van der Waals surface area contributed by atoms with E-state index < -0.39 is 5.62 Å². The molecule has 0 rings (SSSR count). The quantitative estimate of drug-likeness (QED) is 0.393. The van der Waals surface area contributed by atoms with Gasteiger partial charge in [-0.05, 0) is 31.1 Å². The first-order valence-electron chi connectivity index (χ1n) is 5.83. The average Bonchev–Trinajstić information content (AvgIpc) is 2.30. The van der Waals surface area contributed by atoms with E-state index in [0.717, 1.165) is 12.2 Å². The van der Waals surface area contributed by atoms with Gasteiger partial charge >= 0.3 is 0 Å². The highest BCUT2D eigenvalue weighted by atomic mass is 32.9. The van der Waals surface area contributed by atoms with E-state index >= 15 is 0 Å². The Kier molecular flexibility index (Phi) is 10.2. The summed E-state index contributed by atoms with van der Waals surface area (Å²) in [4.78, 5) is 4.06. The number of nitrogens with one attached hydrogen (secondary N) is 1. The lowest BCUT2D eigenvalue weighted by molar-refractivity contribution is 0.356. The first kappa shape index (κ1) is 17.2. The molecule has 0 aromatic carbocycles. The third kappa shape index (κ3) is 9.83. The lowest BCUT2D eigenvalue weighted by Gasteiger charge is -2.21. The molecule has 0 heterocycles. The van der Waals surface area contributed by atoms with Crippen LogP contribution in [0.2, 0.25) is 0 Å². The number of allylic oxidation sites excluding steroid dienone is 1. The molecule has 0 radical (unpaired) electrons. The smallest absolute Gasteiger partial charge is 0.211 e. The second-order valence-electron chi connectivity index (χ2n) is 3.91. The van der Waals surface area contributed by atoms with E-state index in [-0.39, 0.29) is 0 Å². The van der Waals surface area contributed by atoms with Crippen LogP contribution in [0, 0.1) is 5.92 Å². The van der Waals surface area contributed by atoms with Crippen molar-refractivity contribution in [3.05, 3.63) is 12.3 Å². The molecule has 0 amide bonds. The molecule has 0 saturated carbocycles. The van der Waals surface area contributed by atoms with Crippen molar-refractivity contribution in [2.45, 2.75) is 34.1 Å². The Morgan fingerprint density at radius 2 is 2.24 bits per heavy atom. The predicted octanol–water partition coefficient (Wildman–Crippen LogP) is 4.18. The van der Waals surface area contributed by atoms with E-state index in [0.29, 0.717) is 12.5 Å². The van der Waals surface area contributed by atoms with Crippen molar-refractivity contribution in [2.24, 2.45) is 10.9 Å². The molecule has 0 spiro atoms. The van der Waals surface area contributed by atoms with Crippen LogP contribution in [0.15, 0.2) is 17.3 Å². The van der Waals surface area contributed by atoms with Gasteiger partial charge in [-0.3, -0.25) is 0 Å². The summed E-state index contributed by atoms with van der Waals surface area (Å²) in [7, 11) is 0. The van der Waals surface area contributed by atoms with Crippen LogP contribution in [0.5, 0.6) is 0 Å². The highest BCUT2D eigenvalue weighted by molar-refractivity contribution is 8.68. The van der Waals surface area contributed by atoms with Gasteiger partial charge in [-0.25, -0.2) is 4.99 Å². The maximum Gasteiger partial charge on any atom is 0.211 e. The summed E-state index contributed by atoms with van der Waals surface area (Å²) in [5, 5.41) is 3.14. The molecule has 0 aromatic rings. The molecule has 0 aliphatic carbocycles. The Morgan fingerprint density at radius 3 is 2.76 bits per heavy atom. The first-order valence-corrected chi connectivity index (χ1v) is 10.1. The van der Waals surface area contributed by atoms with Gasteiger partial charge in [0.15, 0.2) is 0 Å². The van der Waals surface area contributed by atoms with E-state index in [4.69, 9.17) is 16.3 Å². The van der Waals surface area contributed by atoms with Gasteiger partial charge in [-0.1, -0.05) is 38.2 Å². The highest BCUT2D eigenvalue weighted by Crippen LogP contribution is 2.56. The number of aliphatic imine (C=N–C) groups is 1. The fourth-order valence-corrected chi connectivity index (χ4v) is 5.36. The minimum atomic E-state index is -2.01. The van der Waals surface area contributed by atoms with Gasteiger partial charge in [0.1, 0.15) is 0 Å². The molecule has 0 aliphatic heterocycles. The van der Waals surface area contributed by atoms with E-state index in [1.807, 2.05) is 13.0 Å². The minimum absolute atomic E-state index is 0.613. The number of hydrogen-bond donors (Lipinski definition) is 1. The molecule has 1 unspecified atom stereocenters. The Morgan fingerprint density at radius 1 is 1.53 bits per heavy atom. The maximum absolute atomic E-state index is 5.77. The Labute approximate surface area is 114 Å². The lowest BCUT2D eigenvalue weighted by atomic mass is 10.3. The molecule has 0 saturated heterocycles. The third-order valence-corrected chi connectivity index (χ3v) is 7.36. The summed E-state index contributed by atoms with van der Waals surface area (Å²) in [6, 6.07) is 0. The Hall–Kier alpha value is 0.170. The zero-order chi connectivity index (χ0) is 13.1. The maximum atomic E-state index is 5.77. The molecule has 17 heavy (non-hydrogen) atoms. The second-order valence-corrected chi connectivity index (χ2v) is 10.6. The van der Waals surface area contributed by atoms with Crippen LogP contribution in [-0.4, -0.2) is 18.7 Å². The zero-order valence-electron chi connectivity index (χ0n) is 11.0. The molecule has 1 atom stereocenters. The van der Waals surface area contributed by atoms with E-state index in [1.165, 1.54) is 0 Å². The molecule has 0 bridgehead atoms. The van der Waals surface area contributed by atoms with Gasteiger partial charge in [0.2, 0.25) is 5.62 Å². The van der Waals surface area contributed by atoms with Gasteiger partial charge in [0.25, 0.3) is 0 Å². The second kappa shape index (κ2) is 10.1. The summed E-state index contributed by atoms with van der Waals surface area (Å²) >= 11 is 7.27. The Balaban J connectivity index is 4.32. The topological polar surface area (TPSA) is 33.6 Å². The van der Waals surface area contributed by atoms with Gasteiger partial charge in [0.05, 0.1) is 12.9 Å². The van der Waals surface area contributed by atoms with Crippen molar-refractivity contribution in [1.82, 2.24) is 5.09 Å². The summed E-state index contributed by atoms with van der Waals surface area (Å²) in [5.41, 5.74) is -2.01. The van der Waals surface area contributed by atoms with E-state index in [1.54, 1.807) is 23.9 Å². The molecular formula is C11H23N2OPS2. The van der Waals surface area contributed by atoms with Crippen LogP contribution in [-0.2, 0) is 16.3 Å². The van der Waals surface area contributed by atoms with Gasteiger partial charge in [-0.2, -0.15) is 0 Å². The largest absolute Gasteiger partial charge is 0.326 e. The fourth-order valence-electron chi connectivity index (χ4n) is 0.804. The molecule has 0 aromatic heterocycles. The summed E-state index contributed by atoms with van der Waals surface area (Å²) in [6.07, 6.45) is 6.22. The molecule has 6 heteroatoms. The minimum Gasteiger partial charge on any atom is -0.326 e. The first-order chi connectivity index (χ1) is 8.04. The van der Waals surface area contributed by atoms with Crippen molar-refractivity contribution >= 4 is 35.1 Å². The van der Waals surface area contributed by atoms with Crippen molar-refractivity contribution in [1.29, 1.82) is 0 Å². The number of nitrogens with zero attached hydrogens (tertiary/aromatic N) is 1. The molecule has 1 N–H and O–H groups in total.